The van der Waals surface area contributed by atoms with Crippen molar-refractivity contribution in [3.8, 4) is 0 Å². The molecular formula is C22H23N3O2. The van der Waals surface area contributed by atoms with Gasteiger partial charge in [-0.15, -0.1) is 0 Å². The molecule has 138 valence electrons. The number of fused-ring (bicyclic) bond motifs is 1. The summed E-state index contributed by atoms with van der Waals surface area (Å²) < 4.78 is 0. The largest absolute Gasteiger partial charge is 0.309 e. The van der Waals surface area contributed by atoms with E-state index in [2.05, 4.69) is 21.8 Å². The van der Waals surface area contributed by atoms with E-state index in [1.807, 2.05) is 48.5 Å². The van der Waals surface area contributed by atoms with Crippen molar-refractivity contribution in [1.82, 2.24) is 14.9 Å². The van der Waals surface area contributed by atoms with Crippen LogP contribution in [-0.4, -0.2) is 33.7 Å². The Bertz CT molecular complexity index is 1000. The molecule has 1 aliphatic rings. The zero-order valence-electron chi connectivity index (χ0n) is 15.4. The molecule has 2 aromatic carbocycles. The molecule has 2 heterocycles. The van der Waals surface area contributed by atoms with Gasteiger partial charge in [0.15, 0.2) is 5.78 Å². The van der Waals surface area contributed by atoms with Gasteiger partial charge < -0.3 is 4.98 Å². The van der Waals surface area contributed by atoms with Gasteiger partial charge in [0.25, 0.3) is 5.56 Å². The number of aromatic amines is 1. The van der Waals surface area contributed by atoms with E-state index in [4.69, 9.17) is 0 Å². The van der Waals surface area contributed by atoms with Gasteiger partial charge >= 0.3 is 0 Å². The Morgan fingerprint density at radius 1 is 1.07 bits per heavy atom. The minimum atomic E-state index is -0.100. The Balaban J connectivity index is 1.47. The van der Waals surface area contributed by atoms with Gasteiger partial charge in [0.2, 0.25) is 0 Å². The Kier molecular flexibility index (Phi) is 4.86. The summed E-state index contributed by atoms with van der Waals surface area (Å²) in [7, 11) is 0. The SMILES string of the molecule is C[C@H](c1nc2ccccc2c(=O)[nH]1)N1CCC(C(=O)c2ccccc2)CC1. The molecule has 1 saturated heterocycles. The second kappa shape index (κ2) is 7.45. The lowest BCUT2D eigenvalue weighted by molar-refractivity contribution is 0.0796. The molecule has 0 bridgehead atoms. The molecule has 5 nitrogen and oxygen atoms in total. The van der Waals surface area contributed by atoms with Crippen molar-refractivity contribution >= 4 is 16.7 Å². The fourth-order valence-corrected chi connectivity index (χ4v) is 3.86. The lowest BCUT2D eigenvalue weighted by Gasteiger charge is -2.35. The van der Waals surface area contributed by atoms with E-state index >= 15 is 0 Å². The molecule has 1 atom stereocenters. The van der Waals surface area contributed by atoms with Crippen LogP contribution >= 0.6 is 0 Å². The van der Waals surface area contributed by atoms with E-state index in [-0.39, 0.29) is 23.3 Å². The van der Waals surface area contributed by atoms with Crippen LogP contribution < -0.4 is 5.56 Å². The number of likely N-dealkylation sites (tertiary alicyclic amines) is 1. The summed E-state index contributed by atoms with van der Waals surface area (Å²) in [4.78, 5) is 34.9. The second-order valence-electron chi connectivity index (χ2n) is 7.18. The van der Waals surface area contributed by atoms with Crippen molar-refractivity contribution in [2.45, 2.75) is 25.8 Å². The summed E-state index contributed by atoms with van der Waals surface area (Å²) in [5, 5.41) is 0.612. The smallest absolute Gasteiger partial charge is 0.258 e. The number of ketones is 1. The molecule has 1 aromatic heterocycles. The van der Waals surface area contributed by atoms with Gasteiger partial charge in [0.1, 0.15) is 5.82 Å². The van der Waals surface area contributed by atoms with Crippen LogP contribution in [0, 0.1) is 5.92 Å². The average molecular weight is 361 g/mol. The number of H-pyrrole nitrogens is 1. The summed E-state index contributed by atoms with van der Waals surface area (Å²) in [6.07, 6.45) is 1.66. The van der Waals surface area contributed by atoms with Crippen LogP contribution in [0.25, 0.3) is 10.9 Å². The van der Waals surface area contributed by atoms with Crippen LogP contribution in [0.4, 0.5) is 0 Å². The van der Waals surface area contributed by atoms with Crippen molar-refractivity contribution in [2.24, 2.45) is 5.92 Å². The Morgan fingerprint density at radius 3 is 2.48 bits per heavy atom. The first kappa shape index (κ1) is 17.6. The highest BCUT2D eigenvalue weighted by Gasteiger charge is 2.29. The van der Waals surface area contributed by atoms with Crippen LogP contribution in [0.3, 0.4) is 0 Å². The molecule has 5 heteroatoms. The number of nitrogens with zero attached hydrogens (tertiary/aromatic N) is 2. The van der Waals surface area contributed by atoms with Gasteiger partial charge in [-0.25, -0.2) is 4.98 Å². The number of piperidine rings is 1. The van der Waals surface area contributed by atoms with Crippen LogP contribution in [0.15, 0.2) is 59.4 Å². The van der Waals surface area contributed by atoms with E-state index in [0.717, 1.165) is 37.0 Å². The molecule has 0 unspecified atom stereocenters. The number of aromatic nitrogens is 2. The van der Waals surface area contributed by atoms with E-state index in [9.17, 15) is 9.59 Å². The van der Waals surface area contributed by atoms with Crippen molar-refractivity contribution in [3.63, 3.8) is 0 Å². The van der Waals surface area contributed by atoms with Crippen LogP contribution in [-0.2, 0) is 0 Å². The van der Waals surface area contributed by atoms with E-state index in [1.165, 1.54) is 0 Å². The first-order valence-corrected chi connectivity index (χ1v) is 9.46. The van der Waals surface area contributed by atoms with Crippen LogP contribution in [0.1, 0.15) is 42.0 Å². The Morgan fingerprint density at radius 2 is 1.74 bits per heavy atom. The summed E-state index contributed by atoms with van der Waals surface area (Å²) >= 11 is 0. The second-order valence-corrected chi connectivity index (χ2v) is 7.18. The number of benzene rings is 2. The van der Waals surface area contributed by atoms with Gasteiger partial charge in [-0.1, -0.05) is 42.5 Å². The minimum Gasteiger partial charge on any atom is -0.309 e. The zero-order valence-corrected chi connectivity index (χ0v) is 15.4. The fourth-order valence-electron chi connectivity index (χ4n) is 3.86. The van der Waals surface area contributed by atoms with Crippen molar-refractivity contribution in [3.05, 3.63) is 76.3 Å². The molecule has 3 aromatic rings. The Labute approximate surface area is 158 Å². The highest BCUT2D eigenvalue weighted by molar-refractivity contribution is 5.97. The minimum absolute atomic E-state index is 0.00934. The average Bonchev–Trinajstić information content (AvgIpc) is 2.73. The number of para-hydroxylation sites is 1. The van der Waals surface area contributed by atoms with E-state index in [1.54, 1.807) is 6.07 Å². The number of nitrogens with one attached hydrogen (secondary N) is 1. The summed E-state index contributed by atoms with van der Waals surface area (Å²) in [6.45, 7) is 3.70. The third-order valence-electron chi connectivity index (χ3n) is 5.53. The fraction of sp³-hybridized carbons (Fsp3) is 0.318. The first-order chi connectivity index (χ1) is 13.1. The van der Waals surface area contributed by atoms with Gasteiger partial charge in [0, 0.05) is 11.5 Å². The number of rotatable bonds is 4. The zero-order chi connectivity index (χ0) is 18.8. The molecule has 1 N–H and O–H groups in total. The van der Waals surface area contributed by atoms with Gasteiger partial charge in [-0.2, -0.15) is 0 Å². The Hall–Kier alpha value is -2.79. The molecule has 0 amide bonds. The molecule has 4 rings (SSSR count). The monoisotopic (exact) mass is 361 g/mol. The lowest BCUT2D eigenvalue weighted by atomic mass is 9.88. The number of carbonyl (C=O) groups excluding carboxylic acids is 1. The predicted molar refractivity (Wildman–Crippen MR) is 106 cm³/mol. The normalized spacial score (nSPS) is 17.1. The first-order valence-electron chi connectivity index (χ1n) is 9.46. The molecule has 0 aliphatic carbocycles. The number of hydrogen-bond acceptors (Lipinski definition) is 4. The standard InChI is InChI=1S/C22H23N3O2/c1-15(21-23-19-10-6-5-9-18(19)22(27)24-21)25-13-11-17(12-14-25)20(26)16-7-3-2-4-8-16/h2-10,15,17H,11-14H2,1H3,(H,23,24,27)/t15-/m1/s1. The number of carbonyl (C=O) groups is 1. The van der Waals surface area contributed by atoms with E-state index < -0.39 is 0 Å². The van der Waals surface area contributed by atoms with Crippen LogP contribution in [0.2, 0.25) is 0 Å². The topological polar surface area (TPSA) is 66.1 Å². The third kappa shape index (κ3) is 3.55. The third-order valence-corrected chi connectivity index (χ3v) is 5.53. The molecule has 0 radical (unpaired) electrons. The molecule has 0 spiro atoms. The number of Topliss-reactive ketones (excluding diaryl/α,β-unsaturated/α-hetero) is 1. The summed E-state index contributed by atoms with van der Waals surface area (Å²) in [6, 6.07) is 16.9. The maximum atomic E-state index is 12.7. The van der Waals surface area contributed by atoms with Gasteiger partial charge in [-0.3, -0.25) is 14.5 Å². The van der Waals surface area contributed by atoms with Crippen molar-refractivity contribution < 1.29 is 4.79 Å². The molecule has 27 heavy (non-hydrogen) atoms. The van der Waals surface area contributed by atoms with Gasteiger partial charge in [-0.05, 0) is 45.0 Å². The van der Waals surface area contributed by atoms with Crippen LogP contribution in [0.5, 0.6) is 0 Å². The summed E-state index contributed by atoms with van der Waals surface area (Å²) in [5.74, 6) is 0.992. The molecule has 0 saturated carbocycles. The summed E-state index contributed by atoms with van der Waals surface area (Å²) in [5.41, 5.74) is 1.42. The quantitative estimate of drug-likeness (QED) is 0.722. The van der Waals surface area contributed by atoms with E-state index in [0.29, 0.717) is 11.2 Å². The van der Waals surface area contributed by atoms with Crippen molar-refractivity contribution in [2.75, 3.05) is 13.1 Å². The molecule has 1 aliphatic heterocycles. The predicted octanol–water partition coefficient (Wildman–Crippen LogP) is 3.58. The van der Waals surface area contributed by atoms with Gasteiger partial charge in [0.05, 0.1) is 16.9 Å². The van der Waals surface area contributed by atoms with Crippen molar-refractivity contribution in [1.29, 1.82) is 0 Å². The maximum absolute atomic E-state index is 12.7. The lowest BCUT2D eigenvalue weighted by Crippen LogP contribution is -2.38. The molecule has 1 fully saturated rings. The highest BCUT2D eigenvalue weighted by Crippen LogP contribution is 2.27. The molecular weight excluding hydrogens is 338 g/mol. The highest BCUT2D eigenvalue weighted by atomic mass is 16.1. The number of hydrogen-bond donors (Lipinski definition) is 1. The maximum Gasteiger partial charge on any atom is 0.258 e.